The Kier molecular flexibility index (Phi) is 39.7. The molecule has 24 heteroatoms. The maximum absolute atomic E-state index is 12.5. The molecule has 0 saturated carbocycles. The zero-order valence-electron chi connectivity index (χ0n) is 71.8. The number of H-pyrrole nitrogens is 2. The molecule has 13 nitrogen and oxygen atoms in total. The summed E-state index contributed by atoms with van der Waals surface area (Å²) in [5.41, 5.74) is -0.895. The summed E-state index contributed by atoms with van der Waals surface area (Å²) in [6.45, 7) is 0. The molecule has 0 fully saturated rings. The molecule has 0 saturated heterocycles. The Morgan fingerprint density at radius 1 is 0.328 bits per heavy atom. The first-order chi connectivity index (χ1) is 63.5. The maximum Gasteiger partial charge on any atom is 0.696 e. The molecule has 0 amide bonds. The maximum atomic E-state index is 12.5. The second-order valence-corrected chi connectivity index (χ2v) is 41.8. The Morgan fingerprint density at radius 2 is 0.595 bits per heavy atom. The molecule has 2 aromatic heterocycles. The number of aromatic nitrogens is 4. The third-order valence-electron chi connectivity index (χ3n) is 19.4. The van der Waals surface area contributed by atoms with Gasteiger partial charge in [-0.1, -0.05) is 437 Å². The Morgan fingerprint density at radius 3 is 0.847 bits per heavy atom. The molecule has 18 rings (SSSR count). The van der Waals surface area contributed by atoms with E-state index in [1.54, 1.807) is 30.4 Å². The van der Waals surface area contributed by atoms with Gasteiger partial charge < -0.3 is 13.2 Å². The van der Waals surface area contributed by atoms with Gasteiger partial charge in [0.1, 0.15) is 5.75 Å². The number of aromatic amines is 2. The first-order valence-corrected chi connectivity index (χ1v) is 50.5. The first kappa shape index (κ1) is 99.6. The van der Waals surface area contributed by atoms with Crippen LogP contribution in [-0.4, -0.2) is 62.8 Å². The van der Waals surface area contributed by atoms with Crippen LogP contribution in [0.4, 0.5) is 13.2 Å². The van der Waals surface area contributed by atoms with E-state index in [-0.39, 0.29) is 20.4 Å². The van der Waals surface area contributed by atoms with Crippen molar-refractivity contribution in [3.05, 3.63) is 484 Å². The number of nitrogens with one attached hydrogen (secondary N) is 2. The molecule has 2 N–H and O–H groups in total. The van der Waals surface area contributed by atoms with Gasteiger partial charge in [0.2, 0.25) is 0 Å². The Hall–Kier alpha value is -12.0. The minimum atomic E-state index is -5.72. The molecule has 18 aromatic rings. The van der Waals surface area contributed by atoms with Crippen molar-refractivity contribution in [2.45, 2.75) is 5.51 Å². The average Bonchev–Trinajstić information content (AvgIpc) is 1.83. The molecule has 16 aromatic carbocycles. The van der Waals surface area contributed by atoms with E-state index in [1.165, 1.54) is 104 Å². The Bertz CT molecular complexity index is 5770. The fourth-order valence-electron chi connectivity index (χ4n) is 13.2. The predicted octanol–water partition coefficient (Wildman–Crippen LogP) is 22.5. The SMILES string of the molecule is COP(=O)(OC)c1ccc2n[nH]c(/C=C/c3ccccc3)c2c1.CO[P+](=O)OC.O=S(=O)(Oc1ccc2[nH]nc(/C=C/c3ccccc3)c2c1)C(F)(F)F.[Pd].c1ccc(P(c2ccccc2)c2ccccc2)cc1.c1ccc(P(c2ccccc2)c2ccccc2)cc1.c1ccc(P(c2ccccc2)c2ccccc2)cc1.c1ccc(P(c2ccccc2)c2ccccc2)cc1. The van der Waals surface area contributed by atoms with Crippen LogP contribution in [0.25, 0.3) is 46.1 Å². The molecular formula is C107H94F3N4O9P6PdS+. The number of halogens is 3. The summed E-state index contributed by atoms with van der Waals surface area (Å²) in [5.74, 6) is -0.444. The van der Waals surface area contributed by atoms with Gasteiger partial charge in [-0.3, -0.25) is 14.8 Å². The second-order valence-electron chi connectivity index (χ2n) is 27.9. The van der Waals surface area contributed by atoms with Crippen molar-refractivity contribution >= 4 is 173 Å². The number of alkyl halides is 3. The molecule has 2 heterocycles. The van der Waals surface area contributed by atoms with Crippen molar-refractivity contribution < 1.29 is 73.4 Å². The predicted molar refractivity (Wildman–Crippen MR) is 542 cm³/mol. The minimum Gasteiger partial charge on any atom is -0.376 e. The molecule has 131 heavy (non-hydrogen) atoms. The number of fused-ring (bicyclic) bond motifs is 2. The number of benzene rings is 16. The van der Waals surface area contributed by atoms with Crippen LogP contribution in [0.2, 0.25) is 0 Å². The van der Waals surface area contributed by atoms with E-state index in [1.807, 2.05) is 72.8 Å². The molecular weight excluding hydrogens is 1870 g/mol. The fourth-order valence-corrected chi connectivity index (χ4v) is 24.2. The fraction of sp³-hybridized carbons (Fsp3) is 0.0467. The van der Waals surface area contributed by atoms with Gasteiger partial charge in [-0.15, -0.1) is 9.05 Å². The molecule has 0 aliphatic carbocycles. The summed E-state index contributed by atoms with van der Waals surface area (Å²) >= 11 is 0. The zero-order valence-corrected chi connectivity index (χ0v) is 79.5. The van der Waals surface area contributed by atoms with E-state index < -0.39 is 68.9 Å². The van der Waals surface area contributed by atoms with E-state index in [0.717, 1.165) is 33.8 Å². The number of rotatable bonds is 23. The smallest absolute Gasteiger partial charge is 0.376 e. The van der Waals surface area contributed by atoms with E-state index >= 15 is 0 Å². The monoisotopic (exact) mass is 1960 g/mol. The van der Waals surface area contributed by atoms with Crippen LogP contribution in [-0.2, 0) is 57.8 Å². The minimum absolute atomic E-state index is 0. The molecule has 0 aliphatic rings. The largest absolute Gasteiger partial charge is 0.696 e. The quantitative estimate of drug-likeness (QED) is 0.0270. The molecule has 0 aliphatic heterocycles. The summed E-state index contributed by atoms with van der Waals surface area (Å²) in [4.78, 5) is 0. The van der Waals surface area contributed by atoms with Crippen LogP contribution in [0.15, 0.2) is 461 Å². The summed E-state index contributed by atoms with van der Waals surface area (Å²) in [7, 11) is -7.21. The number of hydrogen-bond acceptors (Lipinski definition) is 11. The van der Waals surface area contributed by atoms with E-state index in [2.05, 4.69) is 398 Å². The third-order valence-corrected chi connectivity index (χ3v) is 32.6. The topological polar surface area (TPSA) is 172 Å². The third kappa shape index (κ3) is 29.5. The van der Waals surface area contributed by atoms with Gasteiger partial charge in [0.05, 0.1) is 41.9 Å². The Labute approximate surface area is 783 Å². The van der Waals surface area contributed by atoms with Crippen LogP contribution < -0.4 is 73.1 Å². The second kappa shape index (κ2) is 52.2. The summed E-state index contributed by atoms with van der Waals surface area (Å²) < 4.78 is 104. The van der Waals surface area contributed by atoms with Crippen LogP contribution in [0.1, 0.15) is 22.5 Å². The van der Waals surface area contributed by atoms with Gasteiger partial charge in [-0.2, -0.15) is 31.8 Å². The standard InChI is InChI=1S/4C18H15P.C17H17N2O3P.C16H11F3N2O3S.C2H6O3P.Pd/c4*1-4-10-16(11-5-1)19(17-12-6-2-7-13-17)18-14-8-3-9-15-18;1-21-23(20,22-2)14-9-11-17-15(12-14)16(18-19-17)10-8-13-6-4-3-5-7-13;17-16(18,19)25(22,23)24-12-7-9-15-13(10-12)14(20-21-15)8-6-11-4-2-1-3-5-11;1-4-6(3)5-2;/h4*1-15H;3-12H,1-2H3,(H,18,19);1-10H,(H,20,21);1-2H3;/q;;;;;;+1;/b;;;;10-8+;8-6+;;. The van der Waals surface area contributed by atoms with Crippen LogP contribution in [0.5, 0.6) is 5.75 Å². The van der Waals surface area contributed by atoms with Crippen molar-refractivity contribution in [1.82, 2.24) is 20.4 Å². The molecule has 0 spiro atoms. The van der Waals surface area contributed by atoms with Crippen LogP contribution in [0, 0.1) is 0 Å². The summed E-state index contributed by atoms with van der Waals surface area (Å²) in [5, 5.41) is 32.6. The van der Waals surface area contributed by atoms with Gasteiger partial charge in [-0.25, -0.2) is 0 Å². The van der Waals surface area contributed by atoms with Crippen molar-refractivity contribution in [3.8, 4) is 5.75 Å². The normalized spacial score (nSPS) is 11.1. The van der Waals surface area contributed by atoms with E-state index in [4.69, 9.17) is 9.05 Å². The van der Waals surface area contributed by atoms with Gasteiger partial charge in [0.15, 0.2) is 0 Å². The molecule has 0 bridgehead atoms. The van der Waals surface area contributed by atoms with Crippen LogP contribution in [0.3, 0.4) is 0 Å². The van der Waals surface area contributed by atoms with Gasteiger partial charge in [0, 0.05) is 50.0 Å². The van der Waals surface area contributed by atoms with Crippen LogP contribution >= 0.6 is 47.5 Å². The van der Waals surface area contributed by atoms with Crippen molar-refractivity contribution in [1.29, 1.82) is 0 Å². The summed E-state index contributed by atoms with van der Waals surface area (Å²) in [6, 6.07) is 158. The number of hydrogen-bond donors (Lipinski definition) is 2. The van der Waals surface area contributed by atoms with E-state index in [0.29, 0.717) is 21.9 Å². The zero-order chi connectivity index (χ0) is 91.0. The van der Waals surface area contributed by atoms with Gasteiger partial charge in [-0.05, 0) is 155 Å². The molecule has 0 radical (unpaired) electrons. The van der Waals surface area contributed by atoms with E-state index in [9.17, 15) is 30.7 Å². The van der Waals surface area contributed by atoms with Crippen molar-refractivity contribution in [2.75, 3.05) is 28.4 Å². The molecule has 0 unspecified atom stereocenters. The average molecular weight is 1960 g/mol. The molecule has 0 atom stereocenters. The number of nitrogens with zero attached hydrogens (tertiary/aromatic N) is 2. The Balaban J connectivity index is 0.000000150. The van der Waals surface area contributed by atoms with Crippen molar-refractivity contribution in [2.24, 2.45) is 0 Å². The van der Waals surface area contributed by atoms with Gasteiger partial charge in [0.25, 0.3) is 0 Å². The van der Waals surface area contributed by atoms with Gasteiger partial charge >= 0.3 is 31.5 Å². The first-order valence-electron chi connectivity index (χ1n) is 41.1. The van der Waals surface area contributed by atoms with Crippen molar-refractivity contribution in [3.63, 3.8) is 0 Å². The molecule has 662 valence electrons. The summed E-state index contributed by atoms with van der Waals surface area (Å²) in [6.07, 6.45) is 7.37.